The Morgan fingerprint density at radius 1 is 1.40 bits per heavy atom. The van der Waals surface area contributed by atoms with Crippen molar-refractivity contribution in [2.75, 3.05) is 13.1 Å². The monoisotopic (exact) mass is 276 g/mol. The first-order valence-electron chi connectivity index (χ1n) is 6.55. The normalized spacial score (nSPS) is 28.1. The van der Waals surface area contributed by atoms with Gasteiger partial charge in [0.05, 0.1) is 0 Å². The van der Waals surface area contributed by atoms with Crippen molar-refractivity contribution >= 4 is 11.9 Å². The van der Waals surface area contributed by atoms with Crippen LogP contribution in [0.4, 0.5) is 0 Å². The molecular weight excluding hydrogens is 260 g/mol. The third-order valence-electron chi connectivity index (χ3n) is 3.96. The Morgan fingerprint density at radius 3 is 2.80 bits per heavy atom. The van der Waals surface area contributed by atoms with Gasteiger partial charge in [0.2, 0.25) is 0 Å². The van der Waals surface area contributed by atoms with E-state index in [0.717, 1.165) is 11.3 Å². The summed E-state index contributed by atoms with van der Waals surface area (Å²) >= 11 is 0. The molecule has 2 aliphatic heterocycles. The van der Waals surface area contributed by atoms with Gasteiger partial charge in [0, 0.05) is 19.5 Å². The number of ether oxygens (including phenoxy) is 1. The van der Waals surface area contributed by atoms with Crippen molar-refractivity contribution < 1.29 is 19.4 Å². The summed E-state index contributed by atoms with van der Waals surface area (Å²) in [5, 5.41) is 9.09. The highest BCUT2D eigenvalue weighted by atomic mass is 16.5. The largest absolute Gasteiger partial charge is 0.480 e. The minimum Gasteiger partial charge on any atom is -0.480 e. The van der Waals surface area contributed by atoms with Gasteiger partial charge in [-0.2, -0.15) is 0 Å². The number of carbonyl (C=O) groups is 2. The second-order valence-corrected chi connectivity index (χ2v) is 5.39. The summed E-state index contributed by atoms with van der Waals surface area (Å²) in [6.45, 7) is 0.398. The quantitative estimate of drug-likeness (QED) is 0.793. The Hall–Kier alpha value is -2.08. The summed E-state index contributed by atoms with van der Waals surface area (Å²) in [6, 6.07) is 7.52. The highest BCUT2D eigenvalue weighted by Crippen LogP contribution is 2.30. The van der Waals surface area contributed by atoms with Crippen molar-refractivity contribution in [1.82, 2.24) is 4.90 Å². The number of carboxylic acid groups (broad SMARTS) is 1. The van der Waals surface area contributed by atoms with Gasteiger partial charge in [-0.15, -0.1) is 0 Å². The van der Waals surface area contributed by atoms with Gasteiger partial charge in [-0.05, 0) is 18.1 Å². The molecule has 1 aromatic rings. The predicted molar refractivity (Wildman–Crippen MR) is 70.3 cm³/mol. The number of carboxylic acids is 1. The van der Waals surface area contributed by atoms with Crippen LogP contribution in [-0.2, 0) is 16.0 Å². The number of rotatable bonds is 2. The topological polar surface area (TPSA) is 92.9 Å². The van der Waals surface area contributed by atoms with Crippen molar-refractivity contribution in [2.45, 2.75) is 24.5 Å². The molecule has 6 heteroatoms. The summed E-state index contributed by atoms with van der Waals surface area (Å²) in [4.78, 5) is 25.0. The summed E-state index contributed by atoms with van der Waals surface area (Å²) in [6.07, 6.45) is 0.229. The highest BCUT2D eigenvalue weighted by Gasteiger charge is 2.45. The van der Waals surface area contributed by atoms with Crippen LogP contribution in [0, 0.1) is 0 Å². The van der Waals surface area contributed by atoms with Gasteiger partial charge in [-0.3, -0.25) is 9.59 Å². The molecule has 1 saturated heterocycles. The minimum absolute atomic E-state index is 0.0391. The smallest absolute Gasteiger partial charge is 0.325 e. The molecule has 6 nitrogen and oxygen atoms in total. The molecule has 0 spiro atoms. The minimum atomic E-state index is -1.33. The second-order valence-electron chi connectivity index (χ2n) is 5.39. The zero-order valence-corrected chi connectivity index (χ0v) is 10.9. The first-order chi connectivity index (χ1) is 9.49. The van der Waals surface area contributed by atoms with E-state index in [1.54, 1.807) is 0 Å². The van der Waals surface area contributed by atoms with Gasteiger partial charge in [-0.25, -0.2) is 0 Å². The number of aliphatic carboxylic acids is 1. The molecule has 1 aromatic carbocycles. The molecule has 0 aliphatic carbocycles. The first kappa shape index (κ1) is 12.9. The van der Waals surface area contributed by atoms with Crippen LogP contribution in [0.3, 0.4) is 0 Å². The van der Waals surface area contributed by atoms with E-state index in [2.05, 4.69) is 0 Å². The van der Waals surface area contributed by atoms with E-state index in [1.807, 2.05) is 24.3 Å². The lowest BCUT2D eigenvalue weighted by Crippen LogP contribution is -2.51. The molecule has 3 rings (SSSR count). The molecule has 0 radical (unpaired) electrons. The van der Waals surface area contributed by atoms with Gasteiger partial charge in [-0.1, -0.05) is 18.2 Å². The third kappa shape index (κ3) is 2.02. The van der Waals surface area contributed by atoms with E-state index in [4.69, 9.17) is 15.6 Å². The second kappa shape index (κ2) is 4.49. The van der Waals surface area contributed by atoms with Crippen LogP contribution in [0.1, 0.15) is 12.0 Å². The number of nitrogens with zero attached hydrogens (tertiary/aromatic N) is 1. The Labute approximate surface area is 116 Å². The summed E-state index contributed by atoms with van der Waals surface area (Å²) in [5.41, 5.74) is 5.45. The molecule has 3 N–H and O–H groups in total. The molecule has 106 valence electrons. The van der Waals surface area contributed by atoms with Crippen LogP contribution in [0.5, 0.6) is 5.75 Å². The molecule has 20 heavy (non-hydrogen) atoms. The van der Waals surface area contributed by atoms with Gasteiger partial charge >= 0.3 is 5.97 Å². The molecule has 1 fully saturated rings. The van der Waals surface area contributed by atoms with E-state index >= 15 is 0 Å². The molecule has 2 atom stereocenters. The van der Waals surface area contributed by atoms with Gasteiger partial charge in [0.25, 0.3) is 5.91 Å². The maximum Gasteiger partial charge on any atom is 0.325 e. The molecule has 0 bridgehead atoms. The highest BCUT2D eigenvalue weighted by molar-refractivity contribution is 5.86. The fourth-order valence-electron chi connectivity index (χ4n) is 2.72. The van der Waals surface area contributed by atoms with Gasteiger partial charge < -0.3 is 20.5 Å². The number of hydrogen-bond acceptors (Lipinski definition) is 4. The van der Waals surface area contributed by atoms with E-state index in [9.17, 15) is 9.59 Å². The maximum absolute atomic E-state index is 12.4. The summed E-state index contributed by atoms with van der Waals surface area (Å²) in [7, 11) is 0. The van der Waals surface area contributed by atoms with Gasteiger partial charge in [0.15, 0.2) is 6.10 Å². The number of likely N-dealkylation sites (tertiary alicyclic amines) is 1. The molecule has 1 amide bonds. The molecule has 0 aromatic heterocycles. The molecular formula is C14H16N2O4. The maximum atomic E-state index is 12.4. The number of hydrogen-bond donors (Lipinski definition) is 2. The number of carbonyl (C=O) groups excluding carboxylic acids is 1. The predicted octanol–water partition coefficient (Wildman–Crippen LogP) is 0.00450. The average molecular weight is 276 g/mol. The summed E-state index contributed by atoms with van der Waals surface area (Å²) < 4.78 is 5.63. The number of para-hydroxylation sites is 1. The third-order valence-corrected chi connectivity index (χ3v) is 3.96. The summed E-state index contributed by atoms with van der Waals surface area (Å²) in [5.74, 6) is -0.527. The number of nitrogens with two attached hydrogens (primary N) is 1. The van der Waals surface area contributed by atoms with E-state index in [0.29, 0.717) is 13.0 Å². The number of fused-ring (bicyclic) bond motifs is 1. The van der Waals surface area contributed by atoms with Crippen molar-refractivity contribution in [3.05, 3.63) is 29.8 Å². The zero-order chi connectivity index (χ0) is 14.3. The number of benzene rings is 1. The molecule has 2 aliphatic rings. The van der Waals surface area contributed by atoms with E-state index < -0.39 is 17.6 Å². The van der Waals surface area contributed by atoms with Crippen molar-refractivity contribution in [3.8, 4) is 5.75 Å². The van der Waals surface area contributed by atoms with Gasteiger partial charge in [0.1, 0.15) is 11.3 Å². The SMILES string of the molecule is NC1(C(=O)O)CCN(C(=O)C2Cc3ccccc3O2)C1. The molecule has 0 saturated carbocycles. The Balaban J connectivity index is 1.69. The molecule has 2 unspecified atom stereocenters. The van der Waals surface area contributed by atoms with Crippen molar-refractivity contribution in [1.29, 1.82) is 0 Å². The van der Waals surface area contributed by atoms with Crippen molar-refractivity contribution in [3.63, 3.8) is 0 Å². The fraction of sp³-hybridized carbons (Fsp3) is 0.429. The lowest BCUT2D eigenvalue weighted by Gasteiger charge is -2.22. The fourth-order valence-corrected chi connectivity index (χ4v) is 2.72. The van der Waals surface area contributed by atoms with Crippen LogP contribution in [0.15, 0.2) is 24.3 Å². The Kier molecular flexibility index (Phi) is 2.90. The van der Waals surface area contributed by atoms with Crippen LogP contribution in [0.25, 0.3) is 0 Å². The zero-order valence-electron chi connectivity index (χ0n) is 10.9. The van der Waals surface area contributed by atoms with Crippen LogP contribution in [0.2, 0.25) is 0 Å². The van der Waals surface area contributed by atoms with Crippen molar-refractivity contribution in [2.24, 2.45) is 5.73 Å². The van der Waals surface area contributed by atoms with Crippen LogP contribution in [-0.4, -0.2) is 46.6 Å². The van der Waals surface area contributed by atoms with E-state index in [-0.39, 0.29) is 18.9 Å². The van der Waals surface area contributed by atoms with Crippen LogP contribution < -0.4 is 10.5 Å². The Bertz CT molecular complexity index is 549. The average Bonchev–Trinajstić information content (AvgIpc) is 3.02. The first-order valence-corrected chi connectivity index (χ1v) is 6.55. The molecule has 2 heterocycles. The lowest BCUT2D eigenvalue weighted by molar-refractivity contribution is -0.143. The van der Waals surface area contributed by atoms with E-state index in [1.165, 1.54) is 4.90 Å². The lowest BCUT2D eigenvalue weighted by atomic mass is 10.0. The van der Waals surface area contributed by atoms with Crippen LogP contribution >= 0.6 is 0 Å². The standard InChI is InChI=1S/C14H16N2O4/c15-14(13(18)19)5-6-16(8-14)12(17)11-7-9-3-1-2-4-10(9)20-11/h1-4,11H,5-8,15H2,(H,18,19). The Morgan fingerprint density at radius 2 is 2.15 bits per heavy atom. The number of amides is 1.